The number of para-hydroxylation sites is 2. The fraction of sp³-hybridized carbons (Fsp3) is 0. The Labute approximate surface area is 621 Å². The minimum Gasteiger partial charge on any atom is -0.455 e. The number of aromatic nitrogens is 6. The summed E-state index contributed by atoms with van der Waals surface area (Å²) in [6.07, 6.45) is 0. The van der Waals surface area contributed by atoms with Crippen molar-refractivity contribution in [1.82, 2.24) is 29.9 Å². The average molecular weight is 1380 g/mol. The highest BCUT2D eigenvalue weighted by Gasteiger charge is 2.24. The molecule has 108 heavy (non-hydrogen) atoms. The highest BCUT2D eigenvalue weighted by Crippen LogP contribution is 2.46. The van der Waals surface area contributed by atoms with Gasteiger partial charge in [-0.2, -0.15) is 0 Å². The molecule has 0 spiro atoms. The molecule has 0 bridgehead atoms. The first-order valence-corrected chi connectivity index (χ1v) is 36.3. The molecule has 21 rings (SSSR count). The van der Waals surface area contributed by atoms with E-state index in [4.69, 9.17) is 38.7 Å². The monoisotopic (exact) mass is 1380 g/mol. The van der Waals surface area contributed by atoms with Crippen molar-refractivity contribution in [3.05, 3.63) is 376 Å². The molecule has 0 atom stereocenters. The molecular weight excluding hydrogens is 1320 g/mol. The van der Waals surface area contributed by atoms with E-state index in [2.05, 4.69) is 291 Å². The summed E-state index contributed by atoms with van der Waals surface area (Å²) in [7, 11) is 0. The first-order valence-electron chi connectivity index (χ1n) is 36.3. The van der Waals surface area contributed by atoms with Gasteiger partial charge in [-0.05, 0) is 97.4 Å². The van der Waals surface area contributed by atoms with E-state index in [1.807, 2.05) is 84.9 Å². The standard InChI is InChI=1S/C53H33N3O.C47H29N3O/c1-3-12-34(13-4-1)35-22-28-40(29-23-35)53-55-47(37-15-5-2-6-16-37)33-48(56-53)38-24-26-39(27-25-38)51-50-44-19-9-10-21-49(44)57-52(50)45-32-41(30-31-46(45)54-51)43-20-11-17-36-14-7-8-18-42(36)43;1-3-14-31(15-4-1)40-29-41(32-16-5-2-6-17-32)50-47(49-40)34-27-25-33(26-28-34)45-44-38-20-9-10-24-42(38)51-46(44)43-37(22-12-23-39(43)48-45)36-21-11-18-30-13-7-8-19-35(30)36/h1-33H;1-29H. The normalized spacial score (nSPS) is 11.5. The van der Waals surface area contributed by atoms with Crippen molar-refractivity contribution in [3.8, 4) is 124 Å². The van der Waals surface area contributed by atoms with Gasteiger partial charge in [0, 0.05) is 60.7 Å². The second-order valence-corrected chi connectivity index (χ2v) is 27.1. The number of hydrogen-bond donors (Lipinski definition) is 0. The number of furan rings is 2. The van der Waals surface area contributed by atoms with Crippen LogP contribution in [0.3, 0.4) is 0 Å². The molecule has 0 N–H and O–H groups in total. The Balaban J connectivity index is 0.000000143. The minimum absolute atomic E-state index is 0.673. The molecule has 8 heteroatoms. The molecule has 0 radical (unpaired) electrons. The number of nitrogens with zero attached hydrogens (tertiary/aromatic N) is 6. The lowest BCUT2D eigenvalue weighted by Crippen LogP contribution is -1.96. The lowest BCUT2D eigenvalue weighted by atomic mass is 9.93. The molecule has 0 aliphatic heterocycles. The molecule has 0 saturated heterocycles. The summed E-state index contributed by atoms with van der Waals surface area (Å²) < 4.78 is 13.4. The second-order valence-electron chi connectivity index (χ2n) is 27.1. The molecule has 8 nitrogen and oxygen atoms in total. The third-order valence-electron chi connectivity index (χ3n) is 20.6. The molecule has 15 aromatic carbocycles. The van der Waals surface area contributed by atoms with Crippen LogP contribution in [0.25, 0.3) is 211 Å². The van der Waals surface area contributed by atoms with E-state index in [0.717, 1.165) is 167 Å². The maximum Gasteiger partial charge on any atom is 0.160 e. The lowest BCUT2D eigenvalue weighted by molar-refractivity contribution is 0.672. The van der Waals surface area contributed by atoms with E-state index in [9.17, 15) is 0 Å². The van der Waals surface area contributed by atoms with Gasteiger partial charge in [0.25, 0.3) is 0 Å². The van der Waals surface area contributed by atoms with E-state index in [-0.39, 0.29) is 0 Å². The van der Waals surface area contributed by atoms with Crippen LogP contribution in [-0.4, -0.2) is 29.9 Å². The van der Waals surface area contributed by atoms with Crippen molar-refractivity contribution in [2.75, 3.05) is 0 Å². The van der Waals surface area contributed by atoms with Crippen molar-refractivity contribution in [1.29, 1.82) is 0 Å². The molecule has 0 saturated carbocycles. The van der Waals surface area contributed by atoms with Crippen LogP contribution in [0, 0.1) is 0 Å². The molecule has 0 fully saturated rings. The molecular formula is C100H62N6O2. The number of benzene rings is 15. The zero-order valence-electron chi connectivity index (χ0n) is 58.3. The zero-order valence-corrected chi connectivity index (χ0v) is 58.3. The van der Waals surface area contributed by atoms with Crippen LogP contribution < -0.4 is 0 Å². The third-order valence-corrected chi connectivity index (χ3v) is 20.6. The number of rotatable bonds is 11. The second kappa shape index (κ2) is 26.9. The Morgan fingerprint density at radius 1 is 0.185 bits per heavy atom. The van der Waals surface area contributed by atoms with Crippen LogP contribution in [0.15, 0.2) is 385 Å². The SMILES string of the molecule is c1ccc(-c2cc(-c3ccccc3)nc(-c3ccc(-c4nc5cccc(-c6cccc7ccccc67)c5c5oc6ccccc6c45)cc3)n2)cc1.c1ccc(-c2ccc(-c3nc(-c4ccccc4)cc(-c4ccc(-c5nc6ccc(-c7cccc8ccccc78)cc6c6oc7ccccc7c56)cc4)n3)cc2)cc1. The summed E-state index contributed by atoms with van der Waals surface area (Å²) in [6.45, 7) is 0. The summed E-state index contributed by atoms with van der Waals surface area (Å²) >= 11 is 0. The highest BCUT2D eigenvalue weighted by atomic mass is 16.3. The van der Waals surface area contributed by atoms with Gasteiger partial charge in [0.1, 0.15) is 22.3 Å². The van der Waals surface area contributed by atoms with E-state index in [0.29, 0.717) is 11.6 Å². The van der Waals surface area contributed by atoms with Gasteiger partial charge in [-0.15, -0.1) is 0 Å². The molecule has 6 heterocycles. The van der Waals surface area contributed by atoms with Gasteiger partial charge in [-0.25, -0.2) is 29.9 Å². The Kier molecular flexibility index (Phi) is 15.7. The Morgan fingerprint density at radius 2 is 0.537 bits per heavy atom. The van der Waals surface area contributed by atoms with Gasteiger partial charge >= 0.3 is 0 Å². The molecule has 0 amide bonds. The van der Waals surface area contributed by atoms with E-state index in [1.165, 1.54) is 32.7 Å². The van der Waals surface area contributed by atoms with Crippen molar-refractivity contribution in [2.24, 2.45) is 0 Å². The quantitative estimate of drug-likeness (QED) is 0.126. The Bertz CT molecular complexity index is 6940. The van der Waals surface area contributed by atoms with Crippen molar-refractivity contribution in [3.63, 3.8) is 0 Å². The van der Waals surface area contributed by atoms with Gasteiger partial charge in [0.15, 0.2) is 11.6 Å². The summed E-state index contributed by atoms with van der Waals surface area (Å²) in [5.41, 5.74) is 25.3. The van der Waals surface area contributed by atoms with Gasteiger partial charge in [-0.3, -0.25) is 0 Å². The number of fused-ring (bicyclic) bond motifs is 12. The predicted molar refractivity (Wildman–Crippen MR) is 444 cm³/mol. The molecule has 0 unspecified atom stereocenters. The Morgan fingerprint density at radius 3 is 1.06 bits per heavy atom. The minimum atomic E-state index is 0.673. The third kappa shape index (κ3) is 11.5. The van der Waals surface area contributed by atoms with E-state index >= 15 is 0 Å². The molecule has 0 aliphatic rings. The lowest BCUT2D eigenvalue weighted by Gasteiger charge is -2.13. The van der Waals surface area contributed by atoms with E-state index in [1.54, 1.807) is 0 Å². The number of pyridine rings is 2. The van der Waals surface area contributed by atoms with Gasteiger partial charge in [-0.1, -0.05) is 334 Å². The maximum atomic E-state index is 6.75. The first-order chi connectivity index (χ1) is 53.5. The van der Waals surface area contributed by atoms with Crippen LogP contribution >= 0.6 is 0 Å². The maximum absolute atomic E-state index is 6.75. The average Bonchev–Trinajstić information content (AvgIpc) is 1.50. The van der Waals surface area contributed by atoms with Gasteiger partial charge in [0.2, 0.25) is 0 Å². The largest absolute Gasteiger partial charge is 0.455 e. The smallest absolute Gasteiger partial charge is 0.160 e. The summed E-state index contributed by atoms with van der Waals surface area (Å²) in [5, 5.41) is 10.9. The first kappa shape index (κ1) is 63.1. The van der Waals surface area contributed by atoms with Gasteiger partial charge in [0.05, 0.1) is 61.4 Å². The molecule has 0 aliphatic carbocycles. The highest BCUT2D eigenvalue weighted by molar-refractivity contribution is 6.24. The fourth-order valence-electron chi connectivity index (χ4n) is 15.3. The van der Waals surface area contributed by atoms with Crippen LogP contribution in [0.1, 0.15) is 0 Å². The summed E-state index contributed by atoms with van der Waals surface area (Å²) in [5.74, 6) is 1.35. The van der Waals surface area contributed by atoms with Gasteiger partial charge < -0.3 is 8.83 Å². The zero-order chi connectivity index (χ0) is 71.4. The predicted octanol–water partition coefficient (Wildman–Crippen LogP) is 26.5. The van der Waals surface area contributed by atoms with Crippen molar-refractivity contribution >= 4 is 87.2 Å². The number of hydrogen-bond acceptors (Lipinski definition) is 8. The van der Waals surface area contributed by atoms with Crippen LogP contribution in [0.4, 0.5) is 0 Å². The summed E-state index contributed by atoms with van der Waals surface area (Å²) in [4.78, 5) is 31.0. The molecule has 6 aromatic heterocycles. The fourth-order valence-corrected chi connectivity index (χ4v) is 15.3. The van der Waals surface area contributed by atoms with Crippen LogP contribution in [0.2, 0.25) is 0 Å². The van der Waals surface area contributed by atoms with Crippen molar-refractivity contribution < 1.29 is 8.83 Å². The van der Waals surface area contributed by atoms with E-state index < -0.39 is 0 Å². The molecule has 21 aromatic rings. The van der Waals surface area contributed by atoms with Crippen LogP contribution in [0.5, 0.6) is 0 Å². The Hall–Kier alpha value is -14.6. The molecule has 504 valence electrons. The van der Waals surface area contributed by atoms with Crippen molar-refractivity contribution in [2.45, 2.75) is 0 Å². The van der Waals surface area contributed by atoms with Crippen LogP contribution in [-0.2, 0) is 0 Å². The summed E-state index contributed by atoms with van der Waals surface area (Å²) in [6, 6.07) is 130. The topological polar surface area (TPSA) is 104 Å².